The summed E-state index contributed by atoms with van der Waals surface area (Å²) in [6.07, 6.45) is 1.55. The maximum Gasteiger partial charge on any atom is 0.329 e. The van der Waals surface area contributed by atoms with Crippen LogP contribution in [0.1, 0.15) is 22.5 Å². The number of aryl methyl sites for hydroxylation is 2. The number of hydrogen-bond acceptors (Lipinski definition) is 3. The van der Waals surface area contributed by atoms with Gasteiger partial charge in [0.2, 0.25) is 0 Å². The zero-order chi connectivity index (χ0) is 22.7. The standard InChI is InChI=1S/C26H24N4O2/c1-17-8-6-11-22(14-17)30-18(2)15-21(19(30)3)16-27-29-26(32)25(31)28-24-13-7-10-20-9-4-5-12-23(20)24/h4-16H,1-3H3,(H,28,31)(H,29,32)/b27-16-. The van der Waals surface area contributed by atoms with Gasteiger partial charge in [0.1, 0.15) is 0 Å². The number of benzene rings is 3. The number of fused-ring (bicyclic) bond motifs is 1. The minimum atomic E-state index is -0.832. The molecule has 3 aromatic carbocycles. The highest BCUT2D eigenvalue weighted by Crippen LogP contribution is 2.23. The summed E-state index contributed by atoms with van der Waals surface area (Å²) in [5, 5.41) is 8.49. The molecular weight excluding hydrogens is 400 g/mol. The van der Waals surface area contributed by atoms with Gasteiger partial charge in [-0.05, 0) is 56.0 Å². The molecule has 0 radical (unpaired) electrons. The number of amides is 2. The average molecular weight is 425 g/mol. The number of anilines is 1. The third-order valence-electron chi connectivity index (χ3n) is 5.34. The highest BCUT2D eigenvalue weighted by Gasteiger charge is 2.15. The predicted octanol–water partition coefficient (Wildman–Crippen LogP) is 4.64. The Morgan fingerprint density at radius 2 is 1.62 bits per heavy atom. The first kappa shape index (κ1) is 21.1. The first-order valence-electron chi connectivity index (χ1n) is 10.3. The lowest BCUT2D eigenvalue weighted by Gasteiger charge is -2.10. The minimum Gasteiger partial charge on any atom is -0.318 e. The molecular formula is C26H24N4O2. The summed E-state index contributed by atoms with van der Waals surface area (Å²) in [5.74, 6) is -1.61. The van der Waals surface area contributed by atoms with Crippen molar-refractivity contribution in [1.29, 1.82) is 0 Å². The van der Waals surface area contributed by atoms with Crippen LogP contribution in [0, 0.1) is 20.8 Å². The molecule has 0 aliphatic heterocycles. The second kappa shape index (κ2) is 8.89. The van der Waals surface area contributed by atoms with Gasteiger partial charge >= 0.3 is 11.8 Å². The summed E-state index contributed by atoms with van der Waals surface area (Å²) in [6.45, 7) is 6.06. The van der Waals surface area contributed by atoms with Crippen molar-refractivity contribution in [1.82, 2.24) is 9.99 Å². The van der Waals surface area contributed by atoms with Crippen molar-refractivity contribution in [3.63, 3.8) is 0 Å². The summed E-state index contributed by atoms with van der Waals surface area (Å²) in [7, 11) is 0. The summed E-state index contributed by atoms with van der Waals surface area (Å²) in [5.41, 5.74) is 8.04. The van der Waals surface area contributed by atoms with Crippen LogP contribution in [0.3, 0.4) is 0 Å². The van der Waals surface area contributed by atoms with Crippen molar-refractivity contribution < 1.29 is 9.59 Å². The van der Waals surface area contributed by atoms with Crippen LogP contribution in [-0.2, 0) is 9.59 Å². The molecule has 0 aliphatic carbocycles. The largest absolute Gasteiger partial charge is 0.329 e. The molecule has 1 aromatic heterocycles. The van der Waals surface area contributed by atoms with Crippen LogP contribution >= 0.6 is 0 Å². The molecule has 2 N–H and O–H groups in total. The molecule has 0 aliphatic rings. The summed E-state index contributed by atoms with van der Waals surface area (Å²) in [4.78, 5) is 24.6. The van der Waals surface area contributed by atoms with E-state index < -0.39 is 11.8 Å². The van der Waals surface area contributed by atoms with Crippen molar-refractivity contribution in [2.45, 2.75) is 20.8 Å². The molecule has 32 heavy (non-hydrogen) atoms. The molecule has 6 heteroatoms. The molecule has 4 rings (SSSR count). The van der Waals surface area contributed by atoms with Gasteiger partial charge in [-0.2, -0.15) is 5.10 Å². The van der Waals surface area contributed by atoms with Crippen LogP contribution in [0.25, 0.3) is 16.5 Å². The van der Waals surface area contributed by atoms with Gasteiger partial charge in [0.25, 0.3) is 0 Å². The molecule has 0 atom stereocenters. The number of carbonyl (C=O) groups is 2. The normalized spacial score (nSPS) is 11.1. The Hall–Kier alpha value is -4.19. The smallest absolute Gasteiger partial charge is 0.318 e. The summed E-state index contributed by atoms with van der Waals surface area (Å²) >= 11 is 0. The van der Waals surface area contributed by atoms with Gasteiger partial charge in [-0.3, -0.25) is 9.59 Å². The number of carbonyl (C=O) groups excluding carboxylic acids is 2. The quantitative estimate of drug-likeness (QED) is 0.284. The number of nitrogens with one attached hydrogen (secondary N) is 2. The van der Waals surface area contributed by atoms with Gasteiger partial charge in [0, 0.05) is 33.7 Å². The molecule has 4 aromatic rings. The van der Waals surface area contributed by atoms with Crippen molar-refractivity contribution >= 4 is 34.5 Å². The highest BCUT2D eigenvalue weighted by molar-refractivity contribution is 6.40. The van der Waals surface area contributed by atoms with Gasteiger partial charge in [-0.25, -0.2) is 5.43 Å². The predicted molar refractivity (Wildman–Crippen MR) is 128 cm³/mol. The maximum absolute atomic E-state index is 12.3. The van der Waals surface area contributed by atoms with E-state index in [1.165, 1.54) is 5.56 Å². The van der Waals surface area contributed by atoms with Crippen LogP contribution in [0.15, 0.2) is 77.9 Å². The van der Waals surface area contributed by atoms with E-state index >= 15 is 0 Å². The van der Waals surface area contributed by atoms with Crippen LogP contribution in [-0.4, -0.2) is 22.6 Å². The van der Waals surface area contributed by atoms with Crippen molar-refractivity contribution in [2.75, 3.05) is 5.32 Å². The Bertz CT molecular complexity index is 1350. The number of aromatic nitrogens is 1. The van der Waals surface area contributed by atoms with Gasteiger partial charge < -0.3 is 9.88 Å². The fourth-order valence-corrected chi connectivity index (χ4v) is 3.81. The Balaban J connectivity index is 1.45. The van der Waals surface area contributed by atoms with Gasteiger partial charge in [-0.15, -0.1) is 0 Å². The molecule has 0 saturated heterocycles. The SMILES string of the molecule is Cc1cccc(-n2c(C)cc(/C=N\NC(=O)C(=O)Nc3cccc4ccccc34)c2C)c1. The van der Waals surface area contributed by atoms with E-state index in [2.05, 4.69) is 39.5 Å². The second-order valence-corrected chi connectivity index (χ2v) is 7.68. The number of nitrogens with zero attached hydrogens (tertiary/aromatic N) is 2. The summed E-state index contributed by atoms with van der Waals surface area (Å²) < 4.78 is 2.13. The Kier molecular flexibility index (Phi) is 5.85. The molecule has 0 unspecified atom stereocenters. The van der Waals surface area contributed by atoms with Gasteiger partial charge in [0.15, 0.2) is 0 Å². The van der Waals surface area contributed by atoms with Crippen molar-refractivity contribution in [3.05, 3.63) is 95.3 Å². The molecule has 1 heterocycles. The molecule has 160 valence electrons. The number of rotatable bonds is 4. The van der Waals surface area contributed by atoms with Gasteiger partial charge in [-0.1, -0.05) is 48.5 Å². The lowest BCUT2D eigenvalue weighted by molar-refractivity contribution is -0.136. The van der Waals surface area contributed by atoms with Crippen molar-refractivity contribution in [3.8, 4) is 5.69 Å². The monoisotopic (exact) mass is 424 g/mol. The van der Waals surface area contributed by atoms with E-state index in [0.717, 1.165) is 33.4 Å². The molecule has 2 amide bonds. The van der Waals surface area contributed by atoms with Crippen LogP contribution in [0.4, 0.5) is 5.69 Å². The molecule has 0 saturated carbocycles. The van der Waals surface area contributed by atoms with E-state index in [1.807, 2.05) is 68.4 Å². The fourth-order valence-electron chi connectivity index (χ4n) is 3.81. The molecule has 0 fully saturated rings. The van der Waals surface area contributed by atoms with E-state index in [9.17, 15) is 9.59 Å². The van der Waals surface area contributed by atoms with Crippen LogP contribution in [0.5, 0.6) is 0 Å². The third-order valence-corrected chi connectivity index (χ3v) is 5.34. The Morgan fingerprint density at radius 3 is 2.44 bits per heavy atom. The number of hydrogen-bond donors (Lipinski definition) is 2. The lowest BCUT2D eigenvalue weighted by atomic mass is 10.1. The third kappa shape index (κ3) is 4.30. The molecule has 6 nitrogen and oxygen atoms in total. The zero-order valence-electron chi connectivity index (χ0n) is 18.2. The van der Waals surface area contributed by atoms with Crippen molar-refractivity contribution in [2.24, 2.45) is 5.10 Å². The van der Waals surface area contributed by atoms with Gasteiger partial charge in [0.05, 0.1) is 6.21 Å². The molecule has 0 spiro atoms. The second-order valence-electron chi connectivity index (χ2n) is 7.68. The molecule has 0 bridgehead atoms. The zero-order valence-corrected chi connectivity index (χ0v) is 18.2. The van der Waals surface area contributed by atoms with E-state index in [0.29, 0.717) is 5.69 Å². The highest BCUT2D eigenvalue weighted by atomic mass is 16.2. The maximum atomic E-state index is 12.3. The van der Waals surface area contributed by atoms with E-state index in [1.54, 1.807) is 12.3 Å². The fraction of sp³-hybridized carbons (Fsp3) is 0.115. The number of hydrazone groups is 1. The minimum absolute atomic E-state index is 0.578. The van der Waals surface area contributed by atoms with E-state index in [4.69, 9.17) is 0 Å². The average Bonchev–Trinajstić information content (AvgIpc) is 3.06. The van der Waals surface area contributed by atoms with Crippen LogP contribution in [0.2, 0.25) is 0 Å². The Morgan fingerprint density at radius 1 is 0.875 bits per heavy atom. The Labute approximate surface area is 186 Å². The first-order valence-corrected chi connectivity index (χ1v) is 10.3. The van der Waals surface area contributed by atoms with Crippen LogP contribution < -0.4 is 10.7 Å². The lowest BCUT2D eigenvalue weighted by Crippen LogP contribution is -2.32. The summed E-state index contributed by atoms with van der Waals surface area (Å²) in [6, 6.07) is 23.4. The van der Waals surface area contributed by atoms with E-state index in [-0.39, 0.29) is 0 Å². The topological polar surface area (TPSA) is 75.5 Å². The first-order chi connectivity index (χ1) is 15.4.